The molecule has 1 amide bonds. The van der Waals surface area contributed by atoms with E-state index in [1.54, 1.807) is 42.5 Å². The number of nitrogens with one attached hydrogen (secondary N) is 1. The van der Waals surface area contributed by atoms with Gasteiger partial charge in [-0.3, -0.25) is 9.10 Å². The molecule has 1 N–H and O–H groups in total. The van der Waals surface area contributed by atoms with Crippen LogP contribution in [0.3, 0.4) is 0 Å². The van der Waals surface area contributed by atoms with Crippen LogP contribution in [0.4, 0.5) is 5.69 Å². The number of anilines is 1. The molecule has 0 radical (unpaired) electrons. The molecule has 2 atom stereocenters. The van der Waals surface area contributed by atoms with Gasteiger partial charge in [-0.05, 0) is 79.6 Å². The number of carbonyl (C=O) groups excluding carboxylic acids is 1. The summed E-state index contributed by atoms with van der Waals surface area (Å²) < 4.78 is 34.3. The van der Waals surface area contributed by atoms with Gasteiger partial charge in [-0.25, -0.2) is 8.42 Å². The van der Waals surface area contributed by atoms with Gasteiger partial charge in [-0.15, -0.1) is 0 Å². The van der Waals surface area contributed by atoms with Crippen LogP contribution < -0.4 is 14.4 Å². The normalized spacial score (nSPS) is 17.9. The van der Waals surface area contributed by atoms with Crippen molar-refractivity contribution in [3.63, 3.8) is 0 Å². The summed E-state index contributed by atoms with van der Waals surface area (Å²) in [6.45, 7) is 3.74. The average Bonchev–Trinajstić information content (AvgIpc) is 3.31. The molecule has 2 aliphatic rings. The molecule has 0 spiro atoms. The standard InChI is InChI=1S/C27H28N2O4S/c1-18-11-14-24-25(15-18)33-26(17-29(24)34(31,32)23-9-4-3-5-10-23)27(30)28-19(2)21-13-12-20-7-6-8-22(20)16-21/h3-5,9-16,19,26H,6-8,17H2,1-2H3,(H,28,30). The molecule has 0 saturated heterocycles. The van der Waals surface area contributed by atoms with Crippen LogP contribution in [0.5, 0.6) is 5.75 Å². The van der Waals surface area contributed by atoms with Crippen LogP contribution >= 0.6 is 0 Å². The Morgan fingerprint density at radius 1 is 1.03 bits per heavy atom. The molecule has 0 fully saturated rings. The maximum absolute atomic E-state index is 13.5. The van der Waals surface area contributed by atoms with E-state index >= 15 is 0 Å². The summed E-state index contributed by atoms with van der Waals surface area (Å²) in [6.07, 6.45) is 2.37. The van der Waals surface area contributed by atoms with Crippen molar-refractivity contribution in [3.8, 4) is 5.75 Å². The van der Waals surface area contributed by atoms with Gasteiger partial charge in [0.15, 0.2) is 6.10 Å². The Kier molecular flexibility index (Phi) is 5.81. The van der Waals surface area contributed by atoms with E-state index in [0.717, 1.165) is 24.0 Å². The van der Waals surface area contributed by atoms with Crippen LogP contribution in [-0.4, -0.2) is 27.0 Å². The molecule has 7 heteroatoms. The number of hydrogen-bond acceptors (Lipinski definition) is 4. The molecule has 0 aromatic heterocycles. The lowest BCUT2D eigenvalue weighted by Gasteiger charge is -2.35. The van der Waals surface area contributed by atoms with E-state index in [-0.39, 0.29) is 23.4 Å². The lowest BCUT2D eigenvalue weighted by Crippen LogP contribution is -2.51. The molecular weight excluding hydrogens is 448 g/mol. The third-order valence-corrected chi connectivity index (χ3v) is 8.38. The van der Waals surface area contributed by atoms with E-state index in [2.05, 4.69) is 23.5 Å². The molecule has 176 valence electrons. The Bertz CT molecular complexity index is 1340. The van der Waals surface area contributed by atoms with Crippen molar-refractivity contribution in [2.45, 2.75) is 50.2 Å². The fourth-order valence-corrected chi connectivity index (χ4v) is 6.19. The first-order valence-electron chi connectivity index (χ1n) is 11.6. The number of benzene rings is 3. The molecular formula is C27H28N2O4S. The average molecular weight is 477 g/mol. The van der Waals surface area contributed by atoms with E-state index in [1.165, 1.54) is 21.9 Å². The Hall–Kier alpha value is -3.32. The fraction of sp³-hybridized carbons (Fsp3) is 0.296. The third-order valence-electron chi connectivity index (χ3n) is 6.59. The number of carbonyl (C=O) groups is 1. The molecule has 6 nitrogen and oxygen atoms in total. The van der Waals surface area contributed by atoms with Gasteiger partial charge in [-0.1, -0.05) is 42.5 Å². The van der Waals surface area contributed by atoms with E-state index in [9.17, 15) is 13.2 Å². The molecule has 3 aromatic carbocycles. The largest absolute Gasteiger partial charge is 0.476 e. The van der Waals surface area contributed by atoms with Crippen LogP contribution in [0.2, 0.25) is 0 Å². The number of sulfonamides is 1. The SMILES string of the molecule is Cc1ccc2c(c1)OC(C(=O)NC(C)c1ccc3c(c1)CCC3)CN2S(=O)(=O)c1ccccc1. The van der Waals surface area contributed by atoms with Gasteiger partial charge in [0.1, 0.15) is 5.75 Å². The fourth-order valence-electron chi connectivity index (χ4n) is 4.70. The van der Waals surface area contributed by atoms with E-state index in [1.807, 2.05) is 19.9 Å². The van der Waals surface area contributed by atoms with Gasteiger partial charge >= 0.3 is 0 Å². The minimum absolute atomic E-state index is 0.101. The number of fused-ring (bicyclic) bond motifs is 2. The zero-order valence-corrected chi connectivity index (χ0v) is 20.1. The second-order valence-corrected chi connectivity index (χ2v) is 10.9. The van der Waals surface area contributed by atoms with Crippen molar-refractivity contribution >= 4 is 21.6 Å². The highest BCUT2D eigenvalue weighted by Gasteiger charge is 2.38. The number of ether oxygens (including phenoxy) is 1. The molecule has 1 heterocycles. The van der Waals surface area contributed by atoms with Crippen LogP contribution in [0.25, 0.3) is 0 Å². The Morgan fingerprint density at radius 3 is 2.59 bits per heavy atom. The van der Waals surface area contributed by atoms with Gasteiger partial charge in [0.05, 0.1) is 23.2 Å². The van der Waals surface area contributed by atoms with Crippen LogP contribution in [-0.2, 0) is 27.7 Å². The lowest BCUT2D eigenvalue weighted by molar-refractivity contribution is -0.128. The minimum Gasteiger partial charge on any atom is -0.476 e. The highest BCUT2D eigenvalue weighted by atomic mass is 32.2. The smallest absolute Gasteiger partial charge is 0.264 e. The summed E-state index contributed by atoms with van der Waals surface area (Å²) in [7, 11) is -3.87. The van der Waals surface area contributed by atoms with Gasteiger partial charge in [0.25, 0.3) is 15.9 Å². The summed E-state index contributed by atoms with van der Waals surface area (Å²) >= 11 is 0. The van der Waals surface area contributed by atoms with Gasteiger partial charge in [0, 0.05) is 0 Å². The van der Waals surface area contributed by atoms with Crippen molar-refractivity contribution < 1.29 is 17.9 Å². The summed E-state index contributed by atoms with van der Waals surface area (Å²) in [5.41, 5.74) is 5.12. The molecule has 1 aliphatic heterocycles. The van der Waals surface area contributed by atoms with Crippen molar-refractivity contribution in [1.29, 1.82) is 0 Å². The van der Waals surface area contributed by atoms with Crippen molar-refractivity contribution in [2.75, 3.05) is 10.8 Å². The van der Waals surface area contributed by atoms with Crippen LogP contribution in [0.15, 0.2) is 71.6 Å². The summed E-state index contributed by atoms with van der Waals surface area (Å²) in [5, 5.41) is 3.03. The number of aryl methyl sites for hydroxylation is 3. The van der Waals surface area contributed by atoms with Crippen LogP contribution in [0, 0.1) is 6.92 Å². The zero-order valence-electron chi connectivity index (χ0n) is 19.3. The van der Waals surface area contributed by atoms with Crippen molar-refractivity contribution in [2.24, 2.45) is 0 Å². The predicted octanol–water partition coefficient (Wildman–Crippen LogP) is 4.32. The number of nitrogens with zero attached hydrogens (tertiary/aromatic N) is 1. The quantitative estimate of drug-likeness (QED) is 0.595. The van der Waals surface area contributed by atoms with E-state index in [4.69, 9.17) is 4.74 Å². The van der Waals surface area contributed by atoms with E-state index < -0.39 is 16.1 Å². The summed E-state index contributed by atoms with van der Waals surface area (Å²) in [5.74, 6) is 0.0458. The molecule has 1 aliphatic carbocycles. The first-order chi connectivity index (χ1) is 16.3. The minimum atomic E-state index is -3.87. The number of amides is 1. The highest BCUT2D eigenvalue weighted by molar-refractivity contribution is 7.92. The predicted molar refractivity (Wildman–Crippen MR) is 132 cm³/mol. The monoisotopic (exact) mass is 476 g/mol. The zero-order chi connectivity index (χ0) is 23.9. The number of rotatable bonds is 5. The maximum atomic E-state index is 13.5. The first-order valence-corrected chi connectivity index (χ1v) is 13.0. The van der Waals surface area contributed by atoms with Crippen molar-refractivity contribution in [1.82, 2.24) is 5.32 Å². The molecule has 34 heavy (non-hydrogen) atoms. The second kappa shape index (κ2) is 8.80. The molecule has 2 unspecified atom stereocenters. The maximum Gasteiger partial charge on any atom is 0.264 e. The van der Waals surface area contributed by atoms with Crippen molar-refractivity contribution in [3.05, 3.63) is 89.0 Å². The van der Waals surface area contributed by atoms with Gasteiger partial charge in [-0.2, -0.15) is 0 Å². The first kappa shape index (κ1) is 22.5. The third kappa shape index (κ3) is 4.16. The lowest BCUT2D eigenvalue weighted by atomic mass is 10.0. The van der Waals surface area contributed by atoms with E-state index in [0.29, 0.717) is 11.4 Å². The van der Waals surface area contributed by atoms with Gasteiger partial charge < -0.3 is 10.1 Å². The molecule has 5 rings (SSSR count). The number of hydrogen-bond donors (Lipinski definition) is 1. The Balaban J connectivity index is 1.41. The van der Waals surface area contributed by atoms with Crippen LogP contribution in [0.1, 0.15) is 41.6 Å². The van der Waals surface area contributed by atoms with Gasteiger partial charge in [0.2, 0.25) is 0 Å². The molecule has 3 aromatic rings. The Labute approximate surface area is 200 Å². The Morgan fingerprint density at radius 2 is 1.79 bits per heavy atom. The molecule has 0 saturated carbocycles. The summed E-state index contributed by atoms with van der Waals surface area (Å²) in [4.78, 5) is 13.4. The summed E-state index contributed by atoms with van der Waals surface area (Å²) in [6, 6.07) is 19.7. The molecule has 0 bridgehead atoms. The second-order valence-electron chi connectivity index (χ2n) is 9.04. The highest BCUT2D eigenvalue weighted by Crippen LogP contribution is 2.38. The topological polar surface area (TPSA) is 75.7 Å².